The van der Waals surface area contributed by atoms with E-state index >= 15 is 0 Å². The van der Waals surface area contributed by atoms with Gasteiger partial charge in [-0.25, -0.2) is 0 Å². The van der Waals surface area contributed by atoms with Crippen molar-refractivity contribution < 1.29 is 24.1 Å². The number of halogens is 1. The molecule has 0 heterocycles. The SMILES string of the molecule is CCOc1cc(/C=C(\C#N)C(=O)NCc2ccc(OC)cc2OC)cc(Cl)c1O. The van der Waals surface area contributed by atoms with E-state index in [9.17, 15) is 15.2 Å². The Morgan fingerprint density at radius 2 is 2.00 bits per heavy atom. The summed E-state index contributed by atoms with van der Waals surface area (Å²) in [5.41, 5.74) is 1.05. The third kappa shape index (κ3) is 5.56. The fraction of sp³-hybridized carbons (Fsp3) is 0.238. The lowest BCUT2D eigenvalue weighted by molar-refractivity contribution is -0.117. The van der Waals surface area contributed by atoms with E-state index in [0.717, 1.165) is 5.56 Å². The summed E-state index contributed by atoms with van der Waals surface area (Å²) in [4.78, 5) is 12.5. The van der Waals surface area contributed by atoms with Gasteiger partial charge < -0.3 is 24.6 Å². The van der Waals surface area contributed by atoms with E-state index in [1.807, 2.05) is 6.07 Å². The molecule has 0 saturated heterocycles. The van der Waals surface area contributed by atoms with Crippen LogP contribution in [0.1, 0.15) is 18.1 Å². The van der Waals surface area contributed by atoms with Crippen molar-refractivity contribution in [2.75, 3.05) is 20.8 Å². The van der Waals surface area contributed by atoms with E-state index in [2.05, 4.69) is 5.32 Å². The second-order valence-electron chi connectivity index (χ2n) is 5.81. The van der Waals surface area contributed by atoms with Gasteiger partial charge >= 0.3 is 0 Å². The molecule has 0 bridgehead atoms. The van der Waals surface area contributed by atoms with Crippen LogP contribution in [-0.2, 0) is 11.3 Å². The van der Waals surface area contributed by atoms with Crippen molar-refractivity contribution in [1.29, 1.82) is 5.26 Å². The number of aromatic hydroxyl groups is 1. The number of nitriles is 1. The molecule has 2 N–H and O–H groups in total. The van der Waals surface area contributed by atoms with Gasteiger partial charge in [0.1, 0.15) is 23.1 Å². The maximum absolute atomic E-state index is 12.5. The summed E-state index contributed by atoms with van der Waals surface area (Å²) in [7, 11) is 3.07. The van der Waals surface area contributed by atoms with Crippen LogP contribution >= 0.6 is 11.6 Å². The first-order valence-corrected chi connectivity index (χ1v) is 9.07. The molecular formula is C21H21ClN2O5. The molecule has 0 aromatic heterocycles. The van der Waals surface area contributed by atoms with Crippen LogP contribution in [0.25, 0.3) is 6.08 Å². The summed E-state index contributed by atoms with van der Waals surface area (Å²) < 4.78 is 15.8. The van der Waals surface area contributed by atoms with Crippen LogP contribution < -0.4 is 19.5 Å². The monoisotopic (exact) mass is 416 g/mol. The number of nitrogens with zero attached hydrogens (tertiary/aromatic N) is 1. The maximum atomic E-state index is 12.5. The lowest BCUT2D eigenvalue weighted by Crippen LogP contribution is -2.24. The van der Waals surface area contributed by atoms with Crippen molar-refractivity contribution in [1.82, 2.24) is 5.32 Å². The zero-order valence-electron chi connectivity index (χ0n) is 16.3. The average Bonchev–Trinajstić information content (AvgIpc) is 2.73. The molecule has 0 aliphatic rings. The minimum Gasteiger partial charge on any atom is -0.503 e. The number of hydrogen-bond acceptors (Lipinski definition) is 6. The number of benzene rings is 2. The van der Waals surface area contributed by atoms with Crippen molar-refractivity contribution in [3.8, 4) is 29.1 Å². The molecular weight excluding hydrogens is 396 g/mol. The zero-order chi connectivity index (χ0) is 21.4. The summed E-state index contributed by atoms with van der Waals surface area (Å²) in [6.07, 6.45) is 1.37. The molecule has 2 aromatic carbocycles. The second-order valence-corrected chi connectivity index (χ2v) is 6.22. The van der Waals surface area contributed by atoms with Gasteiger partial charge in [0.2, 0.25) is 0 Å². The van der Waals surface area contributed by atoms with Crippen molar-refractivity contribution in [3.05, 3.63) is 52.1 Å². The predicted molar refractivity (Wildman–Crippen MR) is 109 cm³/mol. The molecule has 0 saturated carbocycles. The minimum atomic E-state index is -0.562. The Morgan fingerprint density at radius 3 is 2.62 bits per heavy atom. The molecule has 2 rings (SSSR count). The Hall–Kier alpha value is -3.37. The fourth-order valence-corrected chi connectivity index (χ4v) is 2.75. The van der Waals surface area contributed by atoms with E-state index in [0.29, 0.717) is 23.7 Å². The van der Waals surface area contributed by atoms with E-state index in [4.69, 9.17) is 25.8 Å². The second kappa shape index (κ2) is 10.2. The molecule has 7 nitrogen and oxygen atoms in total. The first-order valence-electron chi connectivity index (χ1n) is 8.69. The third-order valence-electron chi connectivity index (χ3n) is 3.96. The highest BCUT2D eigenvalue weighted by atomic mass is 35.5. The summed E-state index contributed by atoms with van der Waals surface area (Å²) in [6, 6.07) is 10.0. The lowest BCUT2D eigenvalue weighted by Gasteiger charge is -2.11. The maximum Gasteiger partial charge on any atom is 0.262 e. The Morgan fingerprint density at radius 1 is 1.24 bits per heavy atom. The summed E-state index contributed by atoms with van der Waals surface area (Å²) in [5, 5.41) is 22.0. The van der Waals surface area contributed by atoms with Gasteiger partial charge in [-0.1, -0.05) is 11.6 Å². The Bertz CT molecular complexity index is 966. The van der Waals surface area contributed by atoms with Crippen LogP contribution in [0.2, 0.25) is 5.02 Å². The number of carbonyl (C=O) groups is 1. The van der Waals surface area contributed by atoms with Crippen molar-refractivity contribution in [2.45, 2.75) is 13.5 Å². The molecule has 152 valence electrons. The molecule has 0 atom stereocenters. The average molecular weight is 417 g/mol. The molecule has 0 aliphatic heterocycles. The van der Waals surface area contributed by atoms with Crippen molar-refractivity contribution >= 4 is 23.6 Å². The number of ether oxygens (including phenoxy) is 3. The molecule has 1 amide bonds. The van der Waals surface area contributed by atoms with Gasteiger partial charge in [-0.15, -0.1) is 0 Å². The summed E-state index contributed by atoms with van der Waals surface area (Å²) >= 11 is 5.99. The highest BCUT2D eigenvalue weighted by molar-refractivity contribution is 6.32. The number of nitrogens with one attached hydrogen (secondary N) is 1. The van der Waals surface area contributed by atoms with Crippen LogP contribution in [0.4, 0.5) is 0 Å². The number of carbonyl (C=O) groups excluding carboxylic acids is 1. The van der Waals surface area contributed by atoms with Crippen LogP contribution in [0.5, 0.6) is 23.0 Å². The Labute approximate surface area is 174 Å². The number of amides is 1. The molecule has 0 radical (unpaired) electrons. The number of phenolic OH excluding ortho intramolecular Hbond substituents is 1. The number of phenols is 1. The van der Waals surface area contributed by atoms with Gasteiger partial charge in [-0.2, -0.15) is 5.26 Å². The van der Waals surface area contributed by atoms with Crippen LogP contribution in [-0.4, -0.2) is 31.8 Å². The van der Waals surface area contributed by atoms with E-state index in [1.165, 1.54) is 25.3 Å². The molecule has 0 unspecified atom stereocenters. The highest BCUT2D eigenvalue weighted by Crippen LogP contribution is 2.35. The number of methoxy groups -OCH3 is 2. The topological polar surface area (TPSA) is 101 Å². The van der Waals surface area contributed by atoms with E-state index in [-0.39, 0.29) is 28.6 Å². The molecule has 2 aromatic rings. The first kappa shape index (κ1) is 21.9. The Kier molecular flexibility index (Phi) is 7.75. The van der Waals surface area contributed by atoms with Crippen LogP contribution in [0.15, 0.2) is 35.9 Å². The normalized spacial score (nSPS) is 10.8. The van der Waals surface area contributed by atoms with Gasteiger partial charge in [0, 0.05) is 18.2 Å². The first-order chi connectivity index (χ1) is 13.9. The quantitative estimate of drug-likeness (QED) is 0.502. The molecule has 0 aliphatic carbocycles. The Balaban J connectivity index is 2.20. The van der Waals surface area contributed by atoms with Gasteiger partial charge in [0.15, 0.2) is 11.5 Å². The molecule has 0 spiro atoms. The van der Waals surface area contributed by atoms with Gasteiger partial charge in [-0.05, 0) is 42.8 Å². The number of rotatable bonds is 8. The van der Waals surface area contributed by atoms with Crippen molar-refractivity contribution in [3.63, 3.8) is 0 Å². The standard InChI is InChI=1S/C21H21ClN2O5/c1-4-29-19-9-13(8-17(22)20(19)25)7-15(11-23)21(26)24-12-14-5-6-16(27-2)10-18(14)28-3/h5-10,25H,4,12H2,1-3H3,(H,24,26)/b15-7+. The van der Waals surface area contributed by atoms with Gasteiger partial charge in [0.25, 0.3) is 5.91 Å². The predicted octanol–water partition coefficient (Wildman–Crippen LogP) is 3.68. The zero-order valence-corrected chi connectivity index (χ0v) is 17.0. The largest absolute Gasteiger partial charge is 0.503 e. The number of hydrogen-bond donors (Lipinski definition) is 2. The summed E-state index contributed by atoms with van der Waals surface area (Å²) in [5.74, 6) is 0.599. The van der Waals surface area contributed by atoms with Crippen LogP contribution in [0.3, 0.4) is 0 Å². The smallest absolute Gasteiger partial charge is 0.262 e. The fourth-order valence-electron chi connectivity index (χ4n) is 2.53. The van der Waals surface area contributed by atoms with E-state index < -0.39 is 5.91 Å². The lowest BCUT2D eigenvalue weighted by atomic mass is 10.1. The van der Waals surface area contributed by atoms with Gasteiger partial charge in [-0.3, -0.25) is 4.79 Å². The van der Waals surface area contributed by atoms with Crippen LogP contribution in [0, 0.1) is 11.3 Å². The van der Waals surface area contributed by atoms with Gasteiger partial charge in [0.05, 0.1) is 25.8 Å². The molecule has 29 heavy (non-hydrogen) atoms. The summed E-state index contributed by atoms with van der Waals surface area (Å²) in [6.45, 7) is 2.25. The molecule has 0 fully saturated rings. The van der Waals surface area contributed by atoms with E-state index in [1.54, 1.807) is 32.2 Å². The highest BCUT2D eigenvalue weighted by Gasteiger charge is 2.14. The third-order valence-corrected chi connectivity index (χ3v) is 4.25. The van der Waals surface area contributed by atoms with Crippen molar-refractivity contribution in [2.24, 2.45) is 0 Å². The minimum absolute atomic E-state index is 0.0582. The molecule has 8 heteroatoms.